The molecule has 0 radical (unpaired) electrons. The molecule has 0 unspecified atom stereocenters. The number of nitrogens with one attached hydrogen (secondary N) is 1. The Morgan fingerprint density at radius 1 is 1.06 bits per heavy atom. The maximum atomic E-state index is 13.3. The maximum Gasteiger partial charge on any atom is 0.270 e. The van der Waals surface area contributed by atoms with E-state index in [-0.39, 0.29) is 33.0 Å². The van der Waals surface area contributed by atoms with Crippen LogP contribution in [-0.2, 0) is 16.2 Å². The number of hydrogen-bond donors (Lipinski definition) is 1. The van der Waals surface area contributed by atoms with E-state index in [1.807, 2.05) is 0 Å². The standard InChI is InChI=1S/C24H12BrCl4IN2O3S/c25-15-7-11(8-18(30)21(15)35-10-12-4-5-13(26)9-17(12)28)6-14-22(33)31-24(36)32(23(14)34)19-3-1-2-16(27)20(19)29/h1-9H,10H2,(H,31,33,36)/b14-6+. The molecule has 0 aliphatic carbocycles. The fourth-order valence-corrected chi connectivity index (χ4v) is 6.18. The van der Waals surface area contributed by atoms with Crippen LogP contribution < -0.4 is 15.0 Å². The van der Waals surface area contributed by atoms with Crippen molar-refractivity contribution in [2.75, 3.05) is 4.90 Å². The summed E-state index contributed by atoms with van der Waals surface area (Å²) in [6, 6.07) is 13.5. The number of nitrogens with zero attached hydrogens (tertiary/aromatic N) is 1. The predicted octanol–water partition coefficient (Wildman–Crippen LogP) is 8.08. The Hall–Kier alpha value is -1.40. The number of benzene rings is 3. The van der Waals surface area contributed by atoms with Crippen molar-refractivity contribution in [3.05, 3.63) is 93.4 Å². The largest absolute Gasteiger partial charge is 0.487 e. The van der Waals surface area contributed by atoms with E-state index in [4.69, 9.17) is 63.4 Å². The third kappa shape index (κ3) is 5.85. The number of anilines is 1. The van der Waals surface area contributed by atoms with E-state index in [9.17, 15) is 9.59 Å². The normalized spacial score (nSPS) is 14.9. The molecule has 1 heterocycles. The summed E-state index contributed by atoms with van der Waals surface area (Å²) in [6.45, 7) is 0.221. The lowest BCUT2D eigenvalue weighted by Crippen LogP contribution is -2.54. The van der Waals surface area contributed by atoms with Gasteiger partial charge in [0.1, 0.15) is 17.9 Å². The SMILES string of the molecule is O=C1NC(=S)N(c2cccc(Cl)c2Cl)C(=O)/C1=C/c1cc(Br)c(OCc2ccc(Cl)cc2Cl)c(I)c1. The maximum absolute atomic E-state index is 13.3. The number of ether oxygens (including phenoxy) is 1. The van der Waals surface area contributed by atoms with Crippen molar-refractivity contribution in [1.82, 2.24) is 5.32 Å². The third-order valence-electron chi connectivity index (χ3n) is 4.99. The van der Waals surface area contributed by atoms with Gasteiger partial charge in [0.05, 0.1) is 23.8 Å². The van der Waals surface area contributed by atoms with Crippen LogP contribution in [0.15, 0.2) is 58.6 Å². The minimum atomic E-state index is -0.628. The van der Waals surface area contributed by atoms with Crippen LogP contribution in [-0.4, -0.2) is 16.9 Å². The molecule has 1 aliphatic heterocycles. The second-order valence-corrected chi connectivity index (χ2v) is 11.4. The monoisotopic (exact) mass is 754 g/mol. The van der Waals surface area contributed by atoms with Crippen LogP contribution in [0.4, 0.5) is 5.69 Å². The Labute approximate surface area is 253 Å². The molecular weight excluding hydrogens is 745 g/mol. The van der Waals surface area contributed by atoms with Gasteiger partial charge in [-0.15, -0.1) is 0 Å². The lowest BCUT2D eigenvalue weighted by molar-refractivity contribution is -0.122. The summed E-state index contributed by atoms with van der Waals surface area (Å²) in [5.74, 6) is -0.670. The van der Waals surface area contributed by atoms with Gasteiger partial charge in [-0.05, 0) is 98.8 Å². The fraction of sp³-hybridized carbons (Fsp3) is 0.0417. The molecule has 1 saturated heterocycles. The highest BCUT2D eigenvalue weighted by Gasteiger charge is 2.35. The van der Waals surface area contributed by atoms with Gasteiger partial charge in [0.15, 0.2) is 5.11 Å². The number of thiocarbonyl (C=S) groups is 1. The molecule has 0 aromatic heterocycles. The number of rotatable bonds is 5. The van der Waals surface area contributed by atoms with Crippen LogP contribution in [0.1, 0.15) is 11.1 Å². The number of carbonyl (C=O) groups is 2. The van der Waals surface area contributed by atoms with E-state index >= 15 is 0 Å². The van der Waals surface area contributed by atoms with E-state index in [1.54, 1.807) is 48.5 Å². The molecule has 12 heteroatoms. The van der Waals surface area contributed by atoms with Crippen LogP contribution >= 0.6 is 97.1 Å². The van der Waals surface area contributed by atoms with Crippen molar-refractivity contribution in [3.63, 3.8) is 0 Å². The minimum Gasteiger partial charge on any atom is -0.487 e. The summed E-state index contributed by atoms with van der Waals surface area (Å²) < 4.78 is 7.34. The Bertz CT molecular complexity index is 1440. The van der Waals surface area contributed by atoms with Crippen molar-refractivity contribution >= 4 is 126 Å². The summed E-state index contributed by atoms with van der Waals surface area (Å²) in [7, 11) is 0. The molecule has 1 fully saturated rings. The van der Waals surface area contributed by atoms with Gasteiger partial charge < -0.3 is 4.74 Å². The summed E-state index contributed by atoms with van der Waals surface area (Å²) in [5, 5.41) is 3.87. The molecule has 3 aromatic carbocycles. The van der Waals surface area contributed by atoms with Gasteiger partial charge in [-0.25, -0.2) is 0 Å². The third-order valence-corrected chi connectivity index (χ3v) is 8.06. The summed E-state index contributed by atoms with van der Waals surface area (Å²) in [5.41, 5.74) is 1.51. The molecule has 0 atom stereocenters. The molecule has 2 amide bonds. The zero-order valence-corrected chi connectivity index (χ0v) is 25.3. The Morgan fingerprint density at radius 2 is 1.81 bits per heavy atom. The van der Waals surface area contributed by atoms with E-state index in [2.05, 4.69) is 43.8 Å². The van der Waals surface area contributed by atoms with Crippen LogP contribution in [0, 0.1) is 3.57 Å². The Kier molecular flexibility index (Phi) is 8.87. The Morgan fingerprint density at radius 3 is 2.50 bits per heavy atom. The smallest absolute Gasteiger partial charge is 0.270 e. The quantitative estimate of drug-likeness (QED) is 0.124. The van der Waals surface area contributed by atoms with Crippen LogP contribution in [0.5, 0.6) is 5.75 Å². The first-order chi connectivity index (χ1) is 17.1. The topological polar surface area (TPSA) is 58.6 Å². The van der Waals surface area contributed by atoms with Gasteiger partial charge in [-0.1, -0.05) is 58.5 Å². The summed E-state index contributed by atoms with van der Waals surface area (Å²) >= 11 is 35.4. The van der Waals surface area contributed by atoms with Gasteiger partial charge in [0.2, 0.25) is 0 Å². The first-order valence-corrected chi connectivity index (χ1v) is 13.8. The van der Waals surface area contributed by atoms with Gasteiger partial charge >= 0.3 is 0 Å². The molecule has 4 rings (SSSR count). The first-order valence-electron chi connectivity index (χ1n) is 9.98. The molecule has 1 N–H and O–H groups in total. The molecule has 3 aromatic rings. The van der Waals surface area contributed by atoms with Gasteiger partial charge in [0, 0.05) is 15.6 Å². The number of amides is 2. The number of hydrogen-bond acceptors (Lipinski definition) is 4. The lowest BCUT2D eigenvalue weighted by Gasteiger charge is -2.29. The van der Waals surface area contributed by atoms with Crippen molar-refractivity contribution in [2.24, 2.45) is 0 Å². The highest BCUT2D eigenvalue weighted by atomic mass is 127. The summed E-state index contributed by atoms with van der Waals surface area (Å²) in [4.78, 5) is 27.1. The Balaban J connectivity index is 1.63. The fourth-order valence-electron chi connectivity index (χ4n) is 3.30. The molecule has 184 valence electrons. The van der Waals surface area contributed by atoms with Gasteiger partial charge in [-0.2, -0.15) is 0 Å². The van der Waals surface area contributed by atoms with E-state index in [0.29, 0.717) is 25.8 Å². The van der Waals surface area contributed by atoms with Crippen molar-refractivity contribution in [3.8, 4) is 5.75 Å². The molecule has 0 bridgehead atoms. The highest BCUT2D eigenvalue weighted by molar-refractivity contribution is 14.1. The van der Waals surface area contributed by atoms with E-state index in [0.717, 1.165) is 14.0 Å². The molecule has 0 spiro atoms. The molecular formula is C24H12BrCl4IN2O3S. The molecule has 0 saturated carbocycles. The van der Waals surface area contributed by atoms with Gasteiger partial charge in [-0.3, -0.25) is 19.8 Å². The lowest BCUT2D eigenvalue weighted by atomic mass is 10.1. The van der Waals surface area contributed by atoms with Gasteiger partial charge in [0.25, 0.3) is 11.8 Å². The number of carbonyl (C=O) groups excluding carboxylic acids is 2. The van der Waals surface area contributed by atoms with Crippen molar-refractivity contribution in [1.29, 1.82) is 0 Å². The van der Waals surface area contributed by atoms with Crippen LogP contribution in [0.3, 0.4) is 0 Å². The van der Waals surface area contributed by atoms with Crippen molar-refractivity contribution in [2.45, 2.75) is 6.61 Å². The second kappa shape index (κ2) is 11.6. The van der Waals surface area contributed by atoms with E-state index < -0.39 is 11.8 Å². The molecule has 36 heavy (non-hydrogen) atoms. The van der Waals surface area contributed by atoms with Crippen LogP contribution in [0.25, 0.3) is 6.08 Å². The average molecular weight is 757 g/mol. The van der Waals surface area contributed by atoms with Crippen molar-refractivity contribution < 1.29 is 14.3 Å². The first kappa shape index (κ1) is 27.6. The highest BCUT2D eigenvalue weighted by Crippen LogP contribution is 2.36. The molecule has 1 aliphatic rings. The zero-order chi connectivity index (χ0) is 26.1. The second-order valence-electron chi connectivity index (χ2n) is 7.37. The summed E-state index contributed by atoms with van der Waals surface area (Å²) in [6.07, 6.45) is 1.47. The molecule has 5 nitrogen and oxygen atoms in total. The zero-order valence-electron chi connectivity index (χ0n) is 17.8. The average Bonchev–Trinajstić information content (AvgIpc) is 2.80. The van der Waals surface area contributed by atoms with Crippen LogP contribution in [0.2, 0.25) is 20.1 Å². The van der Waals surface area contributed by atoms with E-state index in [1.165, 1.54) is 6.08 Å². The minimum absolute atomic E-state index is 0.0910. The number of halogens is 6. The predicted molar refractivity (Wildman–Crippen MR) is 160 cm³/mol.